The maximum Gasteiger partial charge on any atom is 0.314 e. The third kappa shape index (κ3) is 4.80. The number of piperidine rings is 1. The van der Waals surface area contributed by atoms with Crippen molar-refractivity contribution in [3.8, 4) is 11.8 Å². The van der Waals surface area contributed by atoms with Crippen LogP contribution in [-0.2, 0) is 20.7 Å². The standard InChI is InChI=1S/C24H25NO3/c1-2-28-23(27)24(18-21-12-7-4-8-13-21)16-9-17-25(19-24)22(26)15-14-20-10-5-3-6-11-20/h3-8,10-13H,2,9,16-19H2,1H3/t24-/m0/s1. The molecule has 144 valence electrons. The van der Waals surface area contributed by atoms with Crippen LogP contribution in [0.2, 0.25) is 0 Å². The molecule has 0 bridgehead atoms. The SMILES string of the molecule is CCOC(=O)[C@]1(Cc2ccccc2)CCCN(C(=O)C#Cc2ccccc2)C1. The van der Waals surface area contributed by atoms with Gasteiger partial charge in [-0.1, -0.05) is 54.5 Å². The van der Waals surface area contributed by atoms with E-state index in [0.29, 0.717) is 32.5 Å². The molecule has 2 aromatic carbocycles. The molecule has 0 spiro atoms. The number of ether oxygens (including phenoxy) is 1. The Balaban J connectivity index is 1.80. The fraction of sp³-hybridized carbons (Fsp3) is 0.333. The Morgan fingerprint density at radius 1 is 1.07 bits per heavy atom. The van der Waals surface area contributed by atoms with E-state index in [9.17, 15) is 9.59 Å². The largest absolute Gasteiger partial charge is 0.466 e. The third-order valence-corrected chi connectivity index (χ3v) is 5.05. The van der Waals surface area contributed by atoms with Gasteiger partial charge in [-0.15, -0.1) is 0 Å². The second-order valence-corrected chi connectivity index (χ2v) is 7.11. The van der Waals surface area contributed by atoms with Crippen LogP contribution in [0.25, 0.3) is 0 Å². The Labute approximate surface area is 166 Å². The summed E-state index contributed by atoms with van der Waals surface area (Å²) in [7, 11) is 0. The van der Waals surface area contributed by atoms with E-state index < -0.39 is 5.41 Å². The van der Waals surface area contributed by atoms with Gasteiger partial charge in [0.15, 0.2) is 0 Å². The zero-order valence-electron chi connectivity index (χ0n) is 16.2. The van der Waals surface area contributed by atoms with Crippen molar-refractivity contribution in [2.75, 3.05) is 19.7 Å². The normalized spacial score (nSPS) is 18.7. The molecule has 0 aliphatic carbocycles. The van der Waals surface area contributed by atoms with Gasteiger partial charge < -0.3 is 9.64 Å². The van der Waals surface area contributed by atoms with Gasteiger partial charge in [0.25, 0.3) is 5.91 Å². The van der Waals surface area contributed by atoms with Crippen molar-refractivity contribution in [1.29, 1.82) is 0 Å². The summed E-state index contributed by atoms with van der Waals surface area (Å²) in [6, 6.07) is 19.3. The molecule has 28 heavy (non-hydrogen) atoms. The summed E-state index contributed by atoms with van der Waals surface area (Å²) in [6.45, 7) is 3.09. The molecule has 2 aromatic rings. The molecule has 4 nitrogen and oxygen atoms in total. The van der Waals surface area contributed by atoms with Gasteiger partial charge in [-0.05, 0) is 43.9 Å². The number of amides is 1. The van der Waals surface area contributed by atoms with E-state index in [-0.39, 0.29) is 11.9 Å². The van der Waals surface area contributed by atoms with Crippen molar-refractivity contribution in [2.45, 2.75) is 26.2 Å². The number of rotatable bonds is 4. The maximum atomic E-state index is 12.9. The van der Waals surface area contributed by atoms with E-state index in [2.05, 4.69) is 11.8 Å². The highest BCUT2D eigenvalue weighted by atomic mass is 16.5. The van der Waals surface area contributed by atoms with E-state index in [1.165, 1.54) is 0 Å². The lowest BCUT2D eigenvalue weighted by Crippen LogP contribution is -2.51. The molecule has 1 atom stereocenters. The number of carbonyl (C=O) groups excluding carboxylic acids is 2. The quantitative estimate of drug-likeness (QED) is 0.607. The first kappa shape index (κ1) is 19.7. The molecule has 1 aliphatic rings. The van der Waals surface area contributed by atoms with Gasteiger partial charge in [0, 0.05) is 24.6 Å². The summed E-state index contributed by atoms with van der Waals surface area (Å²) in [5.74, 6) is 5.17. The van der Waals surface area contributed by atoms with E-state index in [0.717, 1.165) is 17.5 Å². The predicted octanol–water partition coefficient (Wildman–Crippen LogP) is 3.45. The van der Waals surface area contributed by atoms with Crippen molar-refractivity contribution in [3.63, 3.8) is 0 Å². The lowest BCUT2D eigenvalue weighted by Gasteiger charge is -2.40. The Morgan fingerprint density at radius 3 is 2.43 bits per heavy atom. The van der Waals surface area contributed by atoms with Crippen LogP contribution in [0.4, 0.5) is 0 Å². The lowest BCUT2D eigenvalue weighted by atomic mass is 9.75. The van der Waals surface area contributed by atoms with Crippen LogP contribution in [-0.4, -0.2) is 36.5 Å². The average Bonchev–Trinajstić information content (AvgIpc) is 2.74. The van der Waals surface area contributed by atoms with Crippen LogP contribution in [0.5, 0.6) is 0 Å². The first-order chi connectivity index (χ1) is 13.6. The first-order valence-corrected chi connectivity index (χ1v) is 9.70. The number of benzene rings is 2. The minimum Gasteiger partial charge on any atom is -0.466 e. The average molecular weight is 375 g/mol. The molecule has 4 heteroatoms. The number of nitrogens with zero attached hydrogens (tertiary/aromatic N) is 1. The van der Waals surface area contributed by atoms with Crippen LogP contribution in [0, 0.1) is 17.3 Å². The van der Waals surface area contributed by atoms with Crippen LogP contribution >= 0.6 is 0 Å². The molecule has 0 radical (unpaired) electrons. The summed E-state index contributed by atoms with van der Waals surface area (Å²) >= 11 is 0. The maximum absolute atomic E-state index is 12.9. The van der Waals surface area contributed by atoms with E-state index in [1.54, 1.807) is 4.90 Å². The van der Waals surface area contributed by atoms with Crippen LogP contribution in [0.1, 0.15) is 30.9 Å². The highest BCUT2D eigenvalue weighted by Gasteiger charge is 2.44. The second kappa shape index (κ2) is 9.23. The molecular formula is C24H25NO3. The Kier molecular flexibility index (Phi) is 6.49. The predicted molar refractivity (Wildman–Crippen MR) is 108 cm³/mol. The minimum absolute atomic E-state index is 0.229. The zero-order valence-corrected chi connectivity index (χ0v) is 16.2. The monoisotopic (exact) mass is 375 g/mol. The molecule has 0 unspecified atom stereocenters. The molecule has 0 N–H and O–H groups in total. The summed E-state index contributed by atoms with van der Waals surface area (Å²) in [5, 5.41) is 0. The highest BCUT2D eigenvalue weighted by molar-refractivity contribution is 5.94. The van der Waals surface area contributed by atoms with Gasteiger partial charge in [-0.25, -0.2) is 0 Å². The third-order valence-electron chi connectivity index (χ3n) is 5.05. The molecule has 0 aromatic heterocycles. The summed E-state index contributed by atoms with van der Waals surface area (Å²) in [4.78, 5) is 27.3. The number of hydrogen-bond acceptors (Lipinski definition) is 3. The number of carbonyl (C=O) groups is 2. The fourth-order valence-electron chi connectivity index (χ4n) is 3.69. The van der Waals surface area contributed by atoms with Crippen molar-refractivity contribution in [2.24, 2.45) is 5.41 Å². The van der Waals surface area contributed by atoms with Gasteiger partial charge in [0.05, 0.1) is 12.0 Å². The van der Waals surface area contributed by atoms with Gasteiger partial charge in [0.1, 0.15) is 0 Å². The Morgan fingerprint density at radius 2 is 1.75 bits per heavy atom. The van der Waals surface area contributed by atoms with Gasteiger partial charge >= 0.3 is 5.97 Å². The second-order valence-electron chi connectivity index (χ2n) is 7.11. The minimum atomic E-state index is -0.723. The smallest absolute Gasteiger partial charge is 0.314 e. The molecule has 1 fully saturated rings. The van der Waals surface area contributed by atoms with Gasteiger partial charge in [0.2, 0.25) is 0 Å². The lowest BCUT2D eigenvalue weighted by molar-refractivity contribution is -0.160. The topological polar surface area (TPSA) is 46.6 Å². The molecule has 1 aliphatic heterocycles. The van der Waals surface area contributed by atoms with Crippen LogP contribution in [0.3, 0.4) is 0 Å². The Bertz CT molecular complexity index is 867. The number of esters is 1. The van der Waals surface area contributed by atoms with Crippen LogP contribution < -0.4 is 0 Å². The summed E-state index contributed by atoms with van der Waals surface area (Å²) in [5.41, 5.74) is 1.15. The highest BCUT2D eigenvalue weighted by Crippen LogP contribution is 2.35. The molecule has 1 amide bonds. The molecular weight excluding hydrogens is 350 g/mol. The van der Waals surface area contributed by atoms with Gasteiger partial charge in [-0.3, -0.25) is 9.59 Å². The number of likely N-dealkylation sites (tertiary alicyclic amines) is 1. The van der Waals surface area contributed by atoms with Crippen molar-refractivity contribution >= 4 is 11.9 Å². The molecule has 3 rings (SSSR count). The Hall–Kier alpha value is -3.06. The zero-order chi connectivity index (χ0) is 19.8. The molecule has 1 saturated heterocycles. The summed E-state index contributed by atoms with van der Waals surface area (Å²) in [6.07, 6.45) is 2.02. The molecule has 0 saturated carbocycles. The summed E-state index contributed by atoms with van der Waals surface area (Å²) < 4.78 is 5.40. The van der Waals surface area contributed by atoms with Crippen LogP contribution in [0.15, 0.2) is 60.7 Å². The first-order valence-electron chi connectivity index (χ1n) is 9.70. The van der Waals surface area contributed by atoms with Crippen molar-refractivity contribution in [3.05, 3.63) is 71.8 Å². The molecule has 1 heterocycles. The number of hydrogen-bond donors (Lipinski definition) is 0. The van der Waals surface area contributed by atoms with Crippen molar-refractivity contribution < 1.29 is 14.3 Å². The van der Waals surface area contributed by atoms with E-state index in [4.69, 9.17) is 4.74 Å². The van der Waals surface area contributed by atoms with Crippen molar-refractivity contribution in [1.82, 2.24) is 4.90 Å². The van der Waals surface area contributed by atoms with Gasteiger partial charge in [-0.2, -0.15) is 0 Å². The van der Waals surface area contributed by atoms with E-state index >= 15 is 0 Å². The fourth-order valence-corrected chi connectivity index (χ4v) is 3.69. The van der Waals surface area contributed by atoms with E-state index in [1.807, 2.05) is 67.6 Å².